The molecule has 1 heterocycles. The maximum atomic E-state index is 11.6. The summed E-state index contributed by atoms with van der Waals surface area (Å²) in [6, 6.07) is 5.34. The zero-order chi connectivity index (χ0) is 15.6. The summed E-state index contributed by atoms with van der Waals surface area (Å²) in [7, 11) is 2.71. The van der Waals surface area contributed by atoms with Crippen molar-refractivity contribution in [1.82, 2.24) is 15.6 Å². The van der Waals surface area contributed by atoms with E-state index in [1.165, 1.54) is 0 Å². The van der Waals surface area contributed by atoms with E-state index in [9.17, 15) is 4.79 Å². The molecule has 0 fully saturated rings. The van der Waals surface area contributed by atoms with Crippen LogP contribution in [0.3, 0.4) is 0 Å². The van der Waals surface area contributed by atoms with E-state index in [2.05, 4.69) is 15.6 Å². The molecule has 0 saturated carbocycles. The Morgan fingerprint density at radius 3 is 2.48 bits per heavy atom. The summed E-state index contributed by atoms with van der Waals surface area (Å²) >= 11 is 0. The van der Waals surface area contributed by atoms with Gasteiger partial charge in [-0.05, 0) is 18.6 Å². The van der Waals surface area contributed by atoms with Gasteiger partial charge in [0.05, 0.1) is 44.4 Å². The maximum Gasteiger partial charge on any atom is 0.315 e. The number of rotatable bonds is 9. The van der Waals surface area contributed by atoms with Crippen LogP contribution < -0.4 is 10.6 Å². The molecule has 0 spiro atoms. The lowest BCUT2D eigenvalue weighted by Crippen LogP contribution is -2.36. The third-order valence-corrected chi connectivity index (χ3v) is 5.09. The normalized spacial score (nSPS) is 12.0. The average molecular weight is 317 g/mol. The highest BCUT2D eigenvalue weighted by Crippen LogP contribution is 2.49. The smallest absolute Gasteiger partial charge is 0.315 e. The Kier molecular flexibility index (Phi) is 8.06. The van der Waals surface area contributed by atoms with Crippen LogP contribution in [0.4, 0.5) is 4.79 Å². The number of nitrogens with one attached hydrogen (secondary N) is 2. The molecule has 0 aliphatic heterocycles. The van der Waals surface area contributed by atoms with Crippen molar-refractivity contribution < 1.29 is 17.3 Å². The molecular formula is C13H23N3O4S. The van der Waals surface area contributed by atoms with Crippen molar-refractivity contribution in [3.63, 3.8) is 0 Å². The van der Waals surface area contributed by atoms with Gasteiger partial charge in [-0.25, -0.2) is 4.79 Å². The Hall–Kier alpha value is -1.35. The maximum absolute atomic E-state index is 11.6. The minimum atomic E-state index is -1.95. The van der Waals surface area contributed by atoms with Crippen LogP contribution in [0, 0.1) is 0 Å². The van der Waals surface area contributed by atoms with Crippen molar-refractivity contribution in [2.45, 2.75) is 13.0 Å². The number of urea groups is 1. The summed E-state index contributed by atoms with van der Waals surface area (Å²) in [4.78, 5) is 15.7. The number of hydrogen-bond donors (Lipinski definition) is 2. The lowest BCUT2D eigenvalue weighted by Gasteiger charge is -2.33. The first kappa shape index (κ1) is 17.7. The molecule has 0 radical (unpaired) electrons. The molecule has 8 heteroatoms. The standard InChI is InChI=1S/C13H23N3O4S/c1-18-21(19-2,20-3)10-6-9-15-13(17)16-11-12-7-4-5-8-14-12/h4-5,7-8H,6,9-11H2,1-3H3,(H2,15,16,17). The van der Waals surface area contributed by atoms with Gasteiger partial charge in [0.1, 0.15) is 0 Å². The van der Waals surface area contributed by atoms with Gasteiger partial charge in [-0.3, -0.25) is 17.5 Å². The van der Waals surface area contributed by atoms with E-state index in [0.29, 0.717) is 25.3 Å². The van der Waals surface area contributed by atoms with Crippen LogP contribution in [0.5, 0.6) is 0 Å². The van der Waals surface area contributed by atoms with Crippen LogP contribution in [0.25, 0.3) is 0 Å². The molecule has 120 valence electrons. The summed E-state index contributed by atoms with van der Waals surface area (Å²) in [5, 5.41) is 5.51. The molecule has 0 aliphatic carbocycles. The Labute approximate surface area is 127 Å². The molecule has 1 rings (SSSR count). The molecule has 0 aliphatic rings. The fourth-order valence-corrected chi connectivity index (χ4v) is 3.05. The number of carbonyl (C=O) groups excluding carboxylic acids is 1. The number of hydrogen-bond acceptors (Lipinski definition) is 5. The van der Waals surface area contributed by atoms with Crippen molar-refractivity contribution in [2.75, 3.05) is 33.6 Å². The Balaban J connectivity index is 2.19. The number of carbonyl (C=O) groups is 1. The quantitative estimate of drug-likeness (QED) is 0.678. The highest BCUT2D eigenvalue weighted by Gasteiger charge is 2.22. The van der Waals surface area contributed by atoms with E-state index in [-0.39, 0.29) is 6.03 Å². The first-order chi connectivity index (χ1) is 10.2. The molecule has 0 unspecified atom stereocenters. The molecule has 1 aromatic rings. The number of aromatic nitrogens is 1. The van der Waals surface area contributed by atoms with E-state index < -0.39 is 10.9 Å². The highest BCUT2D eigenvalue weighted by molar-refractivity contribution is 8.21. The molecule has 0 atom stereocenters. The third kappa shape index (κ3) is 6.30. The van der Waals surface area contributed by atoms with E-state index in [1.807, 2.05) is 18.2 Å². The molecular weight excluding hydrogens is 294 g/mol. The van der Waals surface area contributed by atoms with Crippen molar-refractivity contribution in [3.8, 4) is 0 Å². The van der Waals surface area contributed by atoms with Gasteiger partial charge in [-0.2, -0.15) is 0 Å². The third-order valence-electron chi connectivity index (χ3n) is 2.77. The summed E-state index contributed by atoms with van der Waals surface area (Å²) in [5.41, 5.74) is 0.814. The Morgan fingerprint density at radius 1 is 1.19 bits per heavy atom. The summed E-state index contributed by atoms with van der Waals surface area (Å²) < 4.78 is 15.8. The second-order valence-corrected chi connectivity index (χ2v) is 6.57. The van der Waals surface area contributed by atoms with Crippen LogP contribution in [0.15, 0.2) is 24.4 Å². The fourth-order valence-electron chi connectivity index (χ4n) is 1.64. The van der Waals surface area contributed by atoms with Gasteiger partial charge in [-0.15, -0.1) is 0 Å². The molecule has 2 N–H and O–H groups in total. The monoisotopic (exact) mass is 317 g/mol. The van der Waals surface area contributed by atoms with Gasteiger partial charge >= 0.3 is 6.03 Å². The van der Waals surface area contributed by atoms with Crippen LogP contribution in [-0.4, -0.2) is 44.6 Å². The number of pyridine rings is 1. The lowest BCUT2D eigenvalue weighted by atomic mass is 10.3. The second kappa shape index (κ2) is 9.56. The predicted molar refractivity (Wildman–Crippen MR) is 82.6 cm³/mol. The van der Waals surface area contributed by atoms with Gasteiger partial charge in [-0.1, -0.05) is 6.07 Å². The molecule has 0 bridgehead atoms. The van der Waals surface area contributed by atoms with Gasteiger partial charge < -0.3 is 10.6 Å². The van der Waals surface area contributed by atoms with Gasteiger partial charge in [0.15, 0.2) is 0 Å². The predicted octanol–water partition coefficient (Wildman–Crippen LogP) is 1.76. The van der Waals surface area contributed by atoms with Crippen molar-refractivity contribution in [2.24, 2.45) is 0 Å². The Morgan fingerprint density at radius 2 is 1.90 bits per heavy atom. The zero-order valence-corrected chi connectivity index (χ0v) is 13.4. The molecule has 7 nitrogen and oxygen atoms in total. The SMILES string of the molecule is COS(CCCNC(=O)NCc1ccccn1)(OC)OC. The lowest BCUT2D eigenvalue weighted by molar-refractivity contribution is 0.238. The average Bonchev–Trinajstić information content (AvgIpc) is 2.55. The van der Waals surface area contributed by atoms with Gasteiger partial charge in [0.2, 0.25) is 0 Å². The van der Waals surface area contributed by atoms with Crippen LogP contribution >= 0.6 is 10.9 Å². The van der Waals surface area contributed by atoms with E-state index in [4.69, 9.17) is 12.5 Å². The first-order valence-electron chi connectivity index (χ1n) is 6.55. The second-order valence-electron chi connectivity index (χ2n) is 4.05. The number of amides is 2. The summed E-state index contributed by atoms with van der Waals surface area (Å²) in [6.45, 7) is 0.912. The fraction of sp³-hybridized carbons (Fsp3) is 0.538. The van der Waals surface area contributed by atoms with Crippen molar-refractivity contribution in [3.05, 3.63) is 30.1 Å². The minimum absolute atomic E-state index is 0.228. The van der Waals surface area contributed by atoms with E-state index >= 15 is 0 Å². The molecule has 21 heavy (non-hydrogen) atoms. The summed E-state index contributed by atoms with van der Waals surface area (Å²) in [6.07, 6.45) is 2.39. The van der Waals surface area contributed by atoms with Crippen molar-refractivity contribution in [1.29, 1.82) is 0 Å². The van der Waals surface area contributed by atoms with Crippen LogP contribution in [0.2, 0.25) is 0 Å². The Bertz CT molecular complexity index is 407. The van der Waals surface area contributed by atoms with Gasteiger partial charge in [0.25, 0.3) is 0 Å². The largest absolute Gasteiger partial charge is 0.338 e. The van der Waals surface area contributed by atoms with E-state index in [1.54, 1.807) is 27.5 Å². The topological polar surface area (TPSA) is 81.7 Å². The summed E-state index contributed by atoms with van der Waals surface area (Å²) in [5.74, 6) is 0.594. The highest BCUT2D eigenvalue weighted by atomic mass is 32.3. The van der Waals surface area contributed by atoms with E-state index in [0.717, 1.165) is 5.69 Å². The minimum Gasteiger partial charge on any atom is -0.338 e. The van der Waals surface area contributed by atoms with Crippen LogP contribution in [-0.2, 0) is 19.1 Å². The number of nitrogens with zero attached hydrogens (tertiary/aromatic N) is 1. The molecule has 0 saturated heterocycles. The first-order valence-corrected chi connectivity index (χ1v) is 8.13. The van der Waals surface area contributed by atoms with Crippen LogP contribution in [0.1, 0.15) is 12.1 Å². The molecule has 1 aromatic heterocycles. The zero-order valence-electron chi connectivity index (χ0n) is 12.6. The molecule has 2 amide bonds. The van der Waals surface area contributed by atoms with Gasteiger partial charge in [0, 0.05) is 18.5 Å². The van der Waals surface area contributed by atoms with Crippen molar-refractivity contribution >= 4 is 16.9 Å². The molecule has 0 aromatic carbocycles.